The van der Waals surface area contributed by atoms with Gasteiger partial charge in [0, 0.05) is 17.6 Å². The van der Waals surface area contributed by atoms with E-state index in [4.69, 9.17) is 11.6 Å². The molecular weight excluding hydrogens is 344 g/mol. The molecule has 3 nitrogen and oxygen atoms in total. The summed E-state index contributed by atoms with van der Waals surface area (Å²) in [5.74, 6) is 0.488. The van der Waals surface area contributed by atoms with E-state index in [2.05, 4.69) is 35.5 Å². The Morgan fingerprint density at radius 2 is 1.85 bits per heavy atom. The third-order valence-corrected chi connectivity index (χ3v) is 5.20. The van der Waals surface area contributed by atoms with Gasteiger partial charge in [-0.05, 0) is 73.8 Å². The summed E-state index contributed by atoms with van der Waals surface area (Å²) in [6.45, 7) is 2.76. The summed E-state index contributed by atoms with van der Waals surface area (Å²) in [5.41, 5.74) is 3.52. The van der Waals surface area contributed by atoms with Crippen LogP contribution in [0.3, 0.4) is 0 Å². The number of piperidine rings is 1. The van der Waals surface area contributed by atoms with E-state index in [1.54, 1.807) is 6.08 Å². The van der Waals surface area contributed by atoms with Crippen LogP contribution in [0.4, 0.5) is 0 Å². The molecule has 0 radical (unpaired) electrons. The summed E-state index contributed by atoms with van der Waals surface area (Å²) < 4.78 is 0. The van der Waals surface area contributed by atoms with E-state index in [0.717, 1.165) is 24.2 Å². The average Bonchev–Trinajstić information content (AvgIpc) is 2.67. The monoisotopic (exact) mass is 368 g/mol. The van der Waals surface area contributed by atoms with Gasteiger partial charge >= 0.3 is 0 Å². The van der Waals surface area contributed by atoms with Gasteiger partial charge in [0.1, 0.15) is 0 Å². The van der Waals surface area contributed by atoms with E-state index in [1.807, 2.05) is 36.4 Å². The fraction of sp³-hybridized carbons (Fsp3) is 0.318. The van der Waals surface area contributed by atoms with Gasteiger partial charge in [-0.25, -0.2) is 0 Å². The maximum atomic E-state index is 12.2. The molecular formula is C22H25ClN2O. The van der Waals surface area contributed by atoms with Gasteiger partial charge in [0.05, 0.1) is 0 Å². The molecule has 1 saturated heterocycles. The molecule has 1 amide bonds. The maximum absolute atomic E-state index is 12.2. The van der Waals surface area contributed by atoms with Crippen LogP contribution in [-0.2, 0) is 11.3 Å². The molecule has 136 valence electrons. The highest BCUT2D eigenvalue weighted by molar-refractivity contribution is 6.30. The molecule has 0 aliphatic carbocycles. The molecule has 0 saturated carbocycles. The number of rotatable bonds is 5. The summed E-state index contributed by atoms with van der Waals surface area (Å²) in [6, 6.07) is 15.9. The van der Waals surface area contributed by atoms with Crippen LogP contribution in [0, 0.1) is 0 Å². The minimum atomic E-state index is -0.0851. The number of benzene rings is 2. The van der Waals surface area contributed by atoms with Crippen LogP contribution < -0.4 is 5.32 Å². The molecule has 1 fully saturated rings. The molecule has 0 bridgehead atoms. The number of nitrogens with one attached hydrogen (secondary N) is 1. The molecule has 0 atom stereocenters. The molecule has 1 aliphatic heterocycles. The van der Waals surface area contributed by atoms with E-state index in [-0.39, 0.29) is 5.91 Å². The number of hydrogen-bond acceptors (Lipinski definition) is 2. The van der Waals surface area contributed by atoms with Crippen LogP contribution in [0.15, 0.2) is 54.6 Å². The van der Waals surface area contributed by atoms with Crippen molar-refractivity contribution < 1.29 is 4.79 Å². The normalized spacial score (nSPS) is 16.1. The largest absolute Gasteiger partial charge is 0.348 e. The first-order valence-electron chi connectivity index (χ1n) is 9.09. The highest BCUT2D eigenvalue weighted by atomic mass is 35.5. The topological polar surface area (TPSA) is 32.3 Å². The summed E-state index contributed by atoms with van der Waals surface area (Å²) in [4.78, 5) is 14.5. The minimum Gasteiger partial charge on any atom is -0.348 e. The van der Waals surface area contributed by atoms with Crippen molar-refractivity contribution in [1.82, 2.24) is 10.2 Å². The standard InChI is InChI=1S/C22H25ClN2O/c1-25-14-12-19(13-15-25)21-5-3-2-4-18(21)8-11-22(26)24-16-17-6-9-20(23)10-7-17/h2-11,19H,12-16H2,1H3,(H,24,26). The fourth-order valence-corrected chi connectivity index (χ4v) is 3.50. The Morgan fingerprint density at radius 3 is 2.58 bits per heavy atom. The number of likely N-dealkylation sites (tertiary alicyclic amines) is 1. The van der Waals surface area contributed by atoms with E-state index < -0.39 is 0 Å². The van der Waals surface area contributed by atoms with Gasteiger partial charge in [-0.2, -0.15) is 0 Å². The van der Waals surface area contributed by atoms with Crippen LogP contribution in [0.1, 0.15) is 35.4 Å². The van der Waals surface area contributed by atoms with Gasteiger partial charge in [-0.3, -0.25) is 4.79 Å². The molecule has 2 aromatic carbocycles. The third kappa shape index (κ3) is 5.20. The molecule has 1 aliphatic rings. The zero-order valence-corrected chi connectivity index (χ0v) is 15.9. The highest BCUT2D eigenvalue weighted by Crippen LogP contribution is 2.30. The second-order valence-corrected chi connectivity index (χ2v) is 7.32. The highest BCUT2D eigenvalue weighted by Gasteiger charge is 2.19. The van der Waals surface area contributed by atoms with Crippen molar-refractivity contribution in [2.45, 2.75) is 25.3 Å². The van der Waals surface area contributed by atoms with Gasteiger partial charge in [-0.1, -0.05) is 48.0 Å². The number of nitrogens with zero attached hydrogens (tertiary/aromatic N) is 1. The van der Waals surface area contributed by atoms with Crippen molar-refractivity contribution in [3.05, 3.63) is 76.3 Å². The van der Waals surface area contributed by atoms with Gasteiger partial charge in [-0.15, -0.1) is 0 Å². The first-order valence-corrected chi connectivity index (χ1v) is 9.47. The Hall–Kier alpha value is -2.10. The zero-order valence-electron chi connectivity index (χ0n) is 15.1. The molecule has 2 aromatic rings. The summed E-state index contributed by atoms with van der Waals surface area (Å²) in [6.07, 6.45) is 5.91. The summed E-state index contributed by atoms with van der Waals surface area (Å²) >= 11 is 5.88. The Bertz CT molecular complexity index is 762. The second kappa shape index (κ2) is 9.02. The minimum absolute atomic E-state index is 0.0851. The Morgan fingerprint density at radius 1 is 1.15 bits per heavy atom. The molecule has 4 heteroatoms. The zero-order chi connectivity index (χ0) is 18.4. The van der Waals surface area contributed by atoms with Gasteiger partial charge < -0.3 is 10.2 Å². The quantitative estimate of drug-likeness (QED) is 0.789. The third-order valence-electron chi connectivity index (χ3n) is 4.95. The Kier molecular flexibility index (Phi) is 6.48. The van der Waals surface area contributed by atoms with E-state index in [0.29, 0.717) is 17.5 Å². The molecule has 3 rings (SSSR count). The van der Waals surface area contributed by atoms with Crippen LogP contribution in [-0.4, -0.2) is 30.9 Å². The summed E-state index contributed by atoms with van der Waals surface area (Å²) in [5, 5.41) is 3.62. The Labute approximate surface area is 160 Å². The average molecular weight is 369 g/mol. The van der Waals surface area contributed by atoms with Crippen LogP contribution >= 0.6 is 11.6 Å². The van der Waals surface area contributed by atoms with Crippen LogP contribution in [0.25, 0.3) is 6.08 Å². The first kappa shape index (κ1) is 18.7. The lowest BCUT2D eigenvalue weighted by atomic mass is 9.86. The van der Waals surface area contributed by atoms with Gasteiger partial charge in [0.2, 0.25) is 5.91 Å². The smallest absolute Gasteiger partial charge is 0.244 e. The van der Waals surface area contributed by atoms with Crippen molar-refractivity contribution in [2.24, 2.45) is 0 Å². The molecule has 1 heterocycles. The van der Waals surface area contributed by atoms with E-state index in [9.17, 15) is 4.79 Å². The van der Waals surface area contributed by atoms with Gasteiger partial charge in [0.25, 0.3) is 0 Å². The lowest BCUT2D eigenvalue weighted by Gasteiger charge is -2.30. The lowest BCUT2D eigenvalue weighted by molar-refractivity contribution is -0.116. The number of hydrogen-bond donors (Lipinski definition) is 1. The molecule has 0 spiro atoms. The van der Waals surface area contributed by atoms with Crippen LogP contribution in [0.5, 0.6) is 0 Å². The van der Waals surface area contributed by atoms with Crippen molar-refractivity contribution >= 4 is 23.6 Å². The first-order chi connectivity index (χ1) is 12.6. The predicted octanol–water partition coefficient (Wildman–Crippen LogP) is 4.48. The van der Waals surface area contributed by atoms with Crippen molar-refractivity contribution in [3.8, 4) is 0 Å². The summed E-state index contributed by atoms with van der Waals surface area (Å²) in [7, 11) is 2.17. The van der Waals surface area contributed by atoms with E-state index in [1.165, 1.54) is 18.4 Å². The molecule has 1 N–H and O–H groups in total. The molecule has 26 heavy (non-hydrogen) atoms. The number of carbonyl (C=O) groups excluding carboxylic acids is 1. The molecule has 0 aromatic heterocycles. The van der Waals surface area contributed by atoms with Crippen molar-refractivity contribution in [2.75, 3.05) is 20.1 Å². The number of halogens is 1. The lowest BCUT2D eigenvalue weighted by Crippen LogP contribution is -2.29. The predicted molar refractivity (Wildman–Crippen MR) is 108 cm³/mol. The molecule has 0 unspecified atom stereocenters. The SMILES string of the molecule is CN1CCC(c2ccccc2C=CC(=O)NCc2ccc(Cl)cc2)CC1. The fourth-order valence-electron chi connectivity index (χ4n) is 3.37. The maximum Gasteiger partial charge on any atom is 0.244 e. The number of carbonyl (C=O) groups is 1. The van der Waals surface area contributed by atoms with Crippen molar-refractivity contribution in [1.29, 1.82) is 0 Å². The second-order valence-electron chi connectivity index (χ2n) is 6.88. The van der Waals surface area contributed by atoms with Gasteiger partial charge in [0.15, 0.2) is 0 Å². The van der Waals surface area contributed by atoms with Crippen LogP contribution in [0.2, 0.25) is 5.02 Å². The van der Waals surface area contributed by atoms with E-state index >= 15 is 0 Å². The Balaban J connectivity index is 1.61. The van der Waals surface area contributed by atoms with Crippen molar-refractivity contribution in [3.63, 3.8) is 0 Å². The number of amides is 1.